The van der Waals surface area contributed by atoms with Gasteiger partial charge in [-0.2, -0.15) is 5.10 Å². The minimum absolute atomic E-state index is 0.349. The van der Waals surface area contributed by atoms with Gasteiger partial charge in [-0.05, 0) is 24.5 Å². The first-order valence-corrected chi connectivity index (χ1v) is 6.01. The fourth-order valence-electron chi connectivity index (χ4n) is 2.33. The molecule has 0 amide bonds. The van der Waals surface area contributed by atoms with Crippen LogP contribution in [-0.2, 0) is 20.1 Å². The third kappa shape index (κ3) is 1.86. The maximum atomic E-state index is 9.82. The Balaban J connectivity index is 1.80. The Morgan fingerprint density at radius 2 is 2.39 bits per heavy atom. The van der Waals surface area contributed by atoms with Gasteiger partial charge < -0.3 is 9.84 Å². The van der Waals surface area contributed by atoms with Crippen molar-refractivity contribution >= 4 is 0 Å². The molecule has 1 aliphatic rings. The second-order valence-corrected chi connectivity index (χ2v) is 4.47. The van der Waals surface area contributed by atoms with Crippen LogP contribution in [0.3, 0.4) is 0 Å². The van der Waals surface area contributed by atoms with Crippen molar-refractivity contribution in [3.63, 3.8) is 0 Å². The first-order chi connectivity index (χ1) is 8.75. The molecule has 5 nitrogen and oxygen atoms in total. The topological polar surface area (TPSA) is 60.2 Å². The Bertz CT molecular complexity index is 565. The Kier molecular flexibility index (Phi) is 2.76. The Hall–Kier alpha value is -1.88. The van der Waals surface area contributed by atoms with Crippen LogP contribution in [0.15, 0.2) is 24.5 Å². The van der Waals surface area contributed by atoms with E-state index >= 15 is 0 Å². The van der Waals surface area contributed by atoms with Crippen LogP contribution in [0.5, 0.6) is 5.75 Å². The molecule has 94 valence electrons. The van der Waals surface area contributed by atoms with Crippen molar-refractivity contribution in [2.75, 3.05) is 0 Å². The van der Waals surface area contributed by atoms with E-state index in [1.807, 2.05) is 25.2 Å². The normalized spacial score (nSPS) is 17.8. The van der Waals surface area contributed by atoms with Gasteiger partial charge in [0.15, 0.2) is 5.82 Å². The predicted molar refractivity (Wildman–Crippen MR) is 65.1 cm³/mol. The molecule has 0 aliphatic heterocycles. The number of nitrogens with zero attached hydrogens (tertiary/aromatic N) is 3. The first kappa shape index (κ1) is 11.2. The number of aromatic nitrogens is 3. The van der Waals surface area contributed by atoms with Gasteiger partial charge in [0.1, 0.15) is 18.7 Å². The fraction of sp³-hybridized carbons (Fsp3) is 0.385. The van der Waals surface area contributed by atoms with E-state index < -0.39 is 0 Å². The molecule has 0 saturated heterocycles. The van der Waals surface area contributed by atoms with Crippen molar-refractivity contribution in [1.82, 2.24) is 14.8 Å². The molecule has 0 bridgehead atoms. The average Bonchev–Trinajstić information content (AvgIpc) is 2.95. The Morgan fingerprint density at radius 3 is 3.17 bits per heavy atom. The van der Waals surface area contributed by atoms with Gasteiger partial charge in [-0.25, -0.2) is 4.98 Å². The number of fused-ring (bicyclic) bond motifs is 1. The van der Waals surface area contributed by atoms with Crippen molar-refractivity contribution in [1.29, 1.82) is 0 Å². The third-order valence-electron chi connectivity index (χ3n) is 3.36. The van der Waals surface area contributed by atoms with Crippen LogP contribution in [0.1, 0.15) is 29.5 Å². The van der Waals surface area contributed by atoms with Crippen LogP contribution < -0.4 is 4.74 Å². The molecule has 1 aromatic heterocycles. The highest BCUT2D eigenvalue weighted by atomic mass is 16.5. The standard InChI is InChI=1S/C13H15N3O2/c1-16-13(14-8-15-16)7-18-12-4-2-3-9-10(12)5-6-11(9)17/h2-4,8,11,17H,5-7H2,1H3. The second-order valence-electron chi connectivity index (χ2n) is 4.47. The summed E-state index contributed by atoms with van der Waals surface area (Å²) in [4.78, 5) is 4.12. The van der Waals surface area contributed by atoms with E-state index in [1.54, 1.807) is 4.68 Å². The number of ether oxygens (including phenoxy) is 1. The van der Waals surface area contributed by atoms with Crippen molar-refractivity contribution < 1.29 is 9.84 Å². The van der Waals surface area contributed by atoms with Gasteiger partial charge in [0, 0.05) is 12.6 Å². The monoisotopic (exact) mass is 245 g/mol. The molecule has 1 heterocycles. The zero-order valence-corrected chi connectivity index (χ0v) is 10.2. The lowest BCUT2D eigenvalue weighted by Gasteiger charge is -2.10. The van der Waals surface area contributed by atoms with E-state index in [1.165, 1.54) is 6.33 Å². The molecule has 0 spiro atoms. The number of aliphatic hydroxyl groups is 1. The van der Waals surface area contributed by atoms with Gasteiger partial charge in [-0.1, -0.05) is 12.1 Å². The smallest absolute Gasteiger partial charge is 0.164 e. The van der Waals surface area contributed by atoms with Crippen LogP contribution in [0.25, 0.3) is 0 Å². The third-order valence-corrected chi connectivity index (χ3v) is 3.36. The molecule has 1 atom stereocenters. The van der Waals surface area contributed by atoms with Gasteiger partial charge in [-0.15, -0.1) is 0 Å². The summed E-state index contributed by atoms with van der Waals surface area (Å²) in [6, 6.07) is 5.81. The van der Waals surface area contributed by atoms with Gasteiger partial charge in [-0.3, -0.25) is 4.68 Å². The predicted octanol–water partition coefficient (Wildman–Crippen LogP) is 1.37. The summed E-state index contributed by atoms with van der Waals surface area (Å²) in [5, 5.41) is 13.8. The number of aliphatic hydroxyl groups excluding tert-OH is 1. The summed E-state index contributed by atoms with van der Waals surface area (Å²) < 4.78 is 7.48. The highest BCUT2D eigenvalue weighted by Gasteiger charge is 2.23. The Morgan fingerprint density at radius 1 is 1.50 bits per heavy atom. The number of benzene rings is 1. The number of hydrogen-bond acceptors (Lipinski definition) is 4. The zero-order chi connectivity index (χ0) is 12.5. The van der Waals surface area contributed by atoms with Crippen LogP contribution in [-0.4, -0.2) is 19.9 Å². The highest BCUT2D eigenvalue weighted by Crippen LogP contribution is 2.36. The number of aryl methyl sites for hydroxylation is 1. The van der Waals surface area contributed by atoms with Crippen molar-refractivity contribution in [3.8, 4) is 5.75 Å². The van der Waals surface area contributed by atoms with E-state index in [-0.39, 0.29) is 6.10 Å². The molecular weight excluding hydrogens is 230 g/mol. The van der Waals surface area contributed by atoms with Gasteiger partial charge in [0.2, 0.25) is 0 Å². The summed E-state index contributed by atoms with van der Waals surface area (Å²) in [5.74, 6) is 1.62. The highest BCUT2D eigenvalue weighted by molar-refractivity contribution is 5.44. The SMILES string of the molecule is Cn1ncnc1COc1cccc2c1CCC2O. The minimum atomic E-state index is -0.349. The second kappa shape index (κ2) is 4.42. The van der Waals surface area contributed by atoms with Gasteiger partial charge >= 0.3 is 0 Å². The molecule has 0 saturated carbocycles. The average molecular weight is 245 g/mol. The lowest BCUT2D eigenvalue weighted by Crippen LogP contribution is -2.05. The molecule has 5 heteroatoms. The Labute approximate surface area is 105 Å². The molecule has 0 fully saturated rings. The van der Waals surface area contributed by atoms with E-state index in [2.05, 4.69) is 10.1 Å². The minimum Gasteiger partial charge on any atom is -0.485 e. The van der Waals surface area contributed by atoms with Gasteiger partial charge in [0.05, 0.1) is 6.10 Å². The molecule has 1 unspecified atom stereocenters. The molecule has 0 radical (unpaired) electrons. The summed E-state index contributed by atoms with van der Waals surface area (Å²) in [6.07, 6.45) is 2.81. The van der Waals surface area contributed by atoms with Crippen LogP contribution in [0.2, 0.25) is 0 Å². The summed E-state index contributed by atoms with van der Waals surface area (Å²) in [6.45, 7) is 0.392. The summed E-state index contributed by atoms with van der Waals surface area (Å²) in [5.41, 5.74) is 2.11. The number of hydrogen-bond donors (Lipinski definition) is 1. The van der Waals surface area contributed by atoms with E-state index in [9.17, 15) is 5.11 Å². The van der Waals surface area contributed by atoms with E-state index in [4.69, 9.17) is 4.74 Å². The maximum absolute atomic E-state index is 9.82. The molecule has 3 rings (SSSR count). The molecule has 18 heavy (non-hydrogen) atoms. The molecular formula is C13H15N3O2. The quantitative estimate of drug-likeness (QED) is 0.887. The number of rotatable bonds is 3. The van der Waals surface area contributed by atoms with Gasteiger partial charge in [0.25, 0.3) is 0 Å². The molecule has 1 aromatic carbocycles. The van der Waals surface area contributed by atoms with Crippen molar-refractivity contribution in [3.05, 3.63) is 41.5 Å². The lowest BCUT2D eigenvalue weighted by atomic mass is 10.1. The lowest BCUT2D eigenvalue weighted by molar-refractivity contribution is 0.180. The van der Waals surface area contributed by atoms with Crippen LogP contribution >= 0.6 is 0 Å². The van der Waals surface area contributed by atoms with Crippen LogP contribution in [0.4, 0.5) is 0 Å². The molecule has 1 N–H and O–H groups in total. The largest absolute Gasteiger partial charge is 0.485 e. The fourth-order valence-corrected chi connectivity index (χ4v) is 2.33. The van der Waals surface area contributed by atoms with Crippen molar-refractivity contribution in [2.45, 2.75) is 25.6 Å². The molecule has 1 aliphatic carbocycles. The zero-order valence-electron chi connectivity index (χ0n) is 10.2. The first-order valence-electron chi connectivity index (χ1n) is 6.01. The summed E-state index contributed by atoms with van der Waals surface area (Å²) >= 11 is 0. The van der Waals surface area contributed by atoms with E-state index in [0.717, 1.165) is 35.5 Å². The van der Waals surface area contributed by atoms with Crippen LogP contribution in [0, 0.1) is 0 Å². The molecule has 2 aromatic rings. The summed E-state index contributed by atoms with van der Waals surface area (Å²) in [7, 11) is 1.84. The van der Waals surface area contributed by atoms with Crippen molar-refractivity contribution in [2.24, 2.45) is 7.05 Å². The maximum Gasteiger partial charge on any atom is 0.164 e. The van der Waals surface area contributed by atoms with E-state index in [0.29, 0.717) is 6.61 Å².